The summed E-state index contributed by atoms with van der Waals surface area (Å²) in [4.78, 5) is 16.3. The van der Waals surface area contributed by atoms with Crippen molar-refractivity contribution in [1.82, 2.24) is 20.1 Å². The van der Waals surface area contributed by atoms with E-state index in [-0.39, 0.29) is 17.9 Å². The van der Waals surface area contributed by atoms with Gasteiger partial charge in [0.05, 0.1) is 27.5 Å². The molecule has 1 N–H and O–H groups in total. The van der Waals surface area contributed by atoms with Crippen molar-refractivity contribution in [2.24, 2.45) is 5.92 Å². The van der Waals surface area contributed by atoms with Gasteiger partial charge in [0, 0.05) is 43.9 Å². The molecule has 1 amide bonds. The molecule has 4 heterocycles. The van der Waals surface area contributed by atoms with Crippen LogP contribution < -0.4 is 10.1 Å². The van der Waals surface area contributed by atoms with Gasteiger partial charge in [0.2, 0.25) is 5.91 Å². The number of aryl methyl sites for hydroxylation is 1. The third kappa shape index (κ3) is 3.81. The van der Waals surface area contributed by atoms with Crippen molar-refractivity contribution in [2.75, 3.05) is 19.8 Å². The summed E-state index contributed by atoms with van der Waals surface area (Å²) in [6, 6.07) is 4.59. The van der Waals surface area contributed by atoms with E-state index in [1.165, 1.54) is 0 Å². The molecule has 1 unspecified atom stereocenters. The van der Waals surface area contributed by atoms with Gasteiger partial charge >= 0.3 is 0 Å². The Bertz CT molecular complexity index is 1070. The van der Waals surface area contributed by atoms with Crippen LogP contribution in [-0.4, -0.2) is 46.5 Å². The highest BCUT2D eigenvalue weighted by molar-refractivity contribution is 7.18. The Balaban J connectivity index is 1.46. The van der Waals surface area contributed by atoms with E-state index in [2.05, 4.69) is 33.4 Å². The number of benzene rings is 1. The first-order valence-electron chi connectivity index (χ1n) is 10.5. The first-order valence-corrected chi connectivity index (χ1v) is 11.4. The number of nitrogens with one attached hydrogen (secondary N) is 1. The largest absolute Gasteiger partial charge is 0.489 e. The van der Waals surface area contributed by atoms with Gasteiger partial charge in [0.1, 0.15) is 11.9 Å². The van der Waals surface area contributed by atoms with Crippen molar-refractivity contribution in [3.8, 4) is 16.9 Å². The van der Waals surface area contributed by atoms with Crippen LogP contribution in [0.3, 0.4) is 0 Å². The number of fused-ring (bicyclic) bond motifs is 1. The van der Waals surface area contributed by atoms with Crippen molar-refractivity contribution >= 4 is 27.5 Å². The van der Waals surface area contributed by atoms with Crippen LogP contribution in [0.25, 0.3) is 21.3 Å². The Hall–Kier alpha value is -2.45. The molecule has 8 heteroatoms. The number of aromatic nitrogens is 3. The summed E-state index contributed by atoms with van der Waals surface area (Å²) >= 11 is 1.64. The fourth-order valence-electron chi connectivity index (χ4n) is 4.26. The van der Waals surface area contributed by atoms with Crippen molar-refractivity contribution < 1.29 is 14.3 Å². The van der Waals surface area contributed by atoms with Crippen LogP contribution in [0.2, 0.25) is 0 Å². The molecule has 0 spiro atoms. The number of nitrogens with zero attached hydrogens (tertiary/aromatic N) is 3. The molecule has 5 rings (SSSR count). The van der Waals surface area contributed by atoms with Crippen LogP contribution >= 0.6 is 11.3 Å². The molecular formula is C22H26N4O3S. The predicted octanol–water partition coefficient (Wildman–Crippen LogP) is 3.72. The Kier molecular flexibility index (Phi) is 5.20. The number of thiazole rings is 1. The normalized spacial score (nSPS) is 21.1. The average Bonchev–Trinajstić information content (AvgIpc) is 3.47. The zero-order chi connectivity index (χ0) is 20.7. The molecule has 7 nitrogen and oxygen atoms in total. The van der Waals surface area contributed by atoms with E-state index in [0.29, 0.717) is 19.0 Å². The number of hydrogen-bond acceptors (Lipinski definition) is 6. The zero-order valence-electron chi connectivity index (χ0n) is 17.3. The lowest BCUT2D eigenvalue weighted by molar-refractivity contribution is -0.119. The molecule has 2 aromatic heterocycles. The number of amides is 1. The highest BCUT2D eigenvalue weighted by atomic mass is 32.1. The molecule has 0 saturated carbocycles. The van der Waals surface area contributed by atoms with Crippen LogP contribution in [0.1, 0.15) is 37.2 Å². The van der Waals surface area contributed by atoms with E-state index < -0.39 is 0 Å². The first-order chi connectivity index (χ1) is 14.6. The standard InChI is InChI=1S/C22H26N4O3S/c1-13(16-9-21(27)23-10-16)29-20-8-15(7-19-22(20)30-14(2)25-19)17-11-24-26(12-17)18-3-5-28-6-4-18/h7-8,11-13,16,18H,3-6,9-10H2,1-2H3,(H,23,27)/t13?,16-/m1/s1. The van der Waals surface area contributed by atoms with Crippen LogP contribution in [0.4, 0.5) is 0 Å². The second-order valence-electron chi connectivity index (χ2n) is 8.20. The van der Waals surface area contributed by atoms with Crippen LogP contribution in [0, 0.1) is 12.8 Å². The maximum Gasteiger partial charge on any atom is 0.220 e. The summed E-state index contributed by atoms with van der Waals surface area (Å²) in [5, 5.41) is 8.53. The predicted molar refractivity (Wildman–Crippen MR) is 116 cm³/mol. The van der Waals surface area contributed by atoms with Gasteiger partial charge in [-0.25, -0.2) is 4.98 Å². The molecule has 1 aromatic carbocycles. The Morgan fingerprint density at radius 2 is 2.13 bits per heavy atom. The monoisotopic (exact) mass is 426 g/mol. The van der Waals surface area contributed by atoms with Gasteiger partial charge in [-0.15, -0.1) is 11.3 Å². The number of carbonyl (C=O) groups is 1. The van der Waals surface area contributed by atoms with E-state index in [0.717, 1.165) is 58.2 Å². The second-order valence-corrected chi connectivity index (χ2v) is 9.40. The van der Waals surface area contributed by atoms with Gasteiger partial charge in [-0.1, -0.05) is 0 Å². The fourth-order valence-corrected chi connectivity index (χ4v) is 5.12. The molecular weight excluding hydrogens is 400 g/mol. The lowest BCUT2D eigenvalue weighted by Crippen LogP contribution is -2.25. The molecule has 2 aliphatic heterocycles. The Morgan fingerprint density at radius 1 is 1.30 bits per heavy atom. The van der Waals surface area contributed by atoms with Gasteiger partial charge in [0.25, 0.3) is 0 Å². The zero-order valence-corrected chi connectivity index (χ0v) is 18.1. The van der Waals surface area contributed by atoms with Gasteiger partial charge in [0.15, 0.2) is 0 Å². The summed E-state index contributed by atoms with van der Waals surface area (Å²) in [5.74, 6) is 1.11. The van der Waals surface area contributed by atoms with Gasteiger partial charge in [-0.3, -0.25) is 9.48 Å². The lowest BCUT2D eigenvalue weighted by atomic mass is 10.0. The number of ether oxygens (including phenoxy) is 2. The molecule has 2 saturated heterocycles. The maximum absolute atomic E-state index is 11.6. The number of rotatable bonds is 5. The minimum Gasteiger partial charge on any atom is -0.489 e. The number of carbonyl (C=O) groups excluding carboxylic acids is 1. The van der Waals surface area contributed by atoms with E-state index >= 15 is 0 Å². The number of hydrogen-bond donors (Lipinski definition) is 1. The lowest BCUT2D eigenvalue weighted by Gasteiger charge is -2.22. The van der Waals surface area contributed by atoms with Gasteiger partial charge < -0.3 is 14.8 Å². The summed E-state index contributed by atoms with van der Waals surface area (Å²) < 4.78 is 15.0. The highest BCUT2D eigenvalue weighted by Crippen LogP contribution is 2.37. The molecule has 2 aliphatic rings. The van der Waals surface area contributed by atoms with Crippen molar-refractivity contribution in [2.45, 2.75) is 45.3 Å². The quantitative estimate of drug-likeness (QED) is 0.673. The smallest absolute Gasteiger partial charge is 0.220 e. The fraction of sp³-hybridized carbons (Fsp3) is 0.500. The van der Waals surface area contributed by atoms with Crippen LogP contribution in [-0.2, 0) is 9.53 Å². The molecule has 2 fully saturated rings. The second kappa shape index (κ2) is 8.00. The minimum absolute atomic E-state index is 0.0604. The van der Waals surface area contributed by atoms with Gasteiger partial charge in [-0.2, -0.15) is 5.10 Å². The third-order valence-electron chi connectivity index (χ3n) is 6.05. The topological polar surface area (TPSA) is 78.3 Å². The van der Waals surface area contributed by atoms with Crippen LogP contribution in [0.5, 0.6) is 5.75 Å². The molecule has 0 radical (unpaired) electrons. The summed E-state index contributed by atoms with van der Waals surface area (Å²) in [5.41, 5.74) is 3.05. The van der Waals surface area contributed by atoms with E-state index in [9.17, 15) is 4.79 Å². The Morgan fingerprint density at radius 3 is 2.90 bits per heavy atom. The highest BCUT2D eigenvalue weighted by Gasteiger charge is 2.28. The first kappa shape index (κ1) is 19.5. The summed E-state index contributed by atoms with van der Waals surface area (Å²) in [6.45, 7) is 6.31. The van der Waals surface area contributed by atoms with Crippen molar-refractivity contribution in [3.63, 3.8) is 0 Å². The van der Waals surface area contributed by atoms with E-state index in [4.69, 9.17) is 14.5 Å². The maximum atomic E-state index is 11.6. The van der Waals surface area contributed by atoms with E-state index in [1.807, 2.05) is 20.0 Å². The molecule has 30 heavy (non-hydrogen) atoms. The average molecular weight is 427 g/mol. The molecule has 3 aromatic rings. The summed E-state index contributed by atoms with van der Waals surface area (Å²) in [7, 11) is 0. The van der Waals surface area contributed by atoms with Gasteiger partial charge in [-0.05, 0) is 44.4 Å². The molecule has 2 atom stereocenters. The molecule has 158 valence electrons. The Labute approximate surface area is 179 Å². The molecule has 0 bridgehead atoms. The van der Waals surface area contributed by atoms with Crippen molar-refractivity contribution in [1.29, 1.82) is 0 Å². The van der Waals surface area contributed by atoms with E-state index in [1.54, 1.807) is 11.3 Å². The molecule has 0 aliphatic carbocycles. The van der Waals surface area contributed by atoms with Crippen molar-refractivity contribution in [3.05, 3.63) is 29.5 Å². The third-order valence-corrected chi connectivity index (χ3v) is 7.05. The SMILES string of the molecule is Cc1nc2cc(-c3cnn(C4CCOCC4)c3)cc(OC(C)[C@H]3CNC(=O)C3)c2s1. The minimum atomic E-state index is -0.0604. The summed E-state index contributed by atoms with van der Waals surface area (Å²) in [6.07, 6.45) is 6.47. The van der Waals surface area contributed by atoms with Crippen LogP contribution in [0.15, 0.2) is 24.5 Å².